The van der Waals surface area contributed by atoms with Crippen molar-refractivity contribution in [1.29, 1.82) is 0 Å². The van der Waals surface area contributed by atoms with Crippen LogP contribution in [0.2, 0.25) is 0 Å². The molecule has 0 amide bonds. The standard InChI is InChI=1S/C13H19NO/c1-14-8-13(7-11-9-15-10-11)12-5-3-2-4-6-12/h2-6,11,13-14H,7-10H2,1H3. The number of benzene rings is 1. The Labute approximate surface area is 91.6 Å². The maximum Gasteiger partial charge on any atom is 0.0516 e. The third kappa shape index (κ3) is 2.80. The molecule has 2 rings (SSSR count). The van der Waals surface area contributed by atoms with Crippen LogP contribution in [0.3, 0.4) is 0 Å². The monoisotopic (exact) mass is 205 g/mol. The van der Waals surface area contributed by atoms with Crippen LogP contribution in [0.25, 0.3) is 0 Å². The summed E-state index contributed by atoms with van der Waals surface area (Å²) in [7, 11) is 2.02. The number of ether oxygens (including phenoxy) is 1. The molecule has 0 aliphatic carbocycles. The normalized spacial score (nSPS) is 18.5. The average Bonchev–Trinajstić information content (AvgIpc) is 2.23. The molecule has 1 fully saturated rings. The first-order valence-electron chi connectivity index (χ1n) is 5.67. The molecule has 2 heteroatoms. The van der Waals surface area contributed by atoms with Gasteiger partial charge in [-0.05, 0) is 24.9 Å². The number of hydrogen-bond acceptors (Lipinski definition) is 2. The molecule has 0 spiro atoms. The number of hydrogen-bond donors (Lipinski definition) is 1. The number of rotatable bonds is 5. The van der Waals surface area contributed by atoms with Gasteiger partial charge in [-0.2, -0.15) is 0 Å². The van der Waals surface area contributed by atoms with Gasteiger partial charge in [0.2, 0.25) is 0 Å². The molecule has 1 N–H and O–H groups in total. The minimum atomic E-state index is 0.630. The summed E-state index contributed by atoms with van der Waals surface area (Å²) < 4.78 is 5.23. The van der Waals surface area contributed by atoms with Crippen LogP contribution in [0.5, 0.6) is 0 Å². The van der Waals surface area contributed by atoms with Gasteiger partial charge in [0.05, 0.1) is 13.2 Å². The van der Waals surface area contributed by atoms with Crippen LogP contribution in [0, 0.1) is 5.92 Å². The molecule has 1 aliphatic heterocycles. The topological polar surface area (TPSA) is 21.3 Å². The molecule has 1 aromatic carbocycles. The van der Waals surface area contributed by atoms with Gasteiger partial charge in [0.25, 0.3) is 0 Å². The van der Waals surface area contributed by atoms with Crippen LogP contribution >= 0.6 is 0 Å². The molecule has 1 heterocycles. The van der Waals surface area contributed by atoms with Gasteiger partial charge < -0.3 is 10.1 Å². The summed E-state index contributed by atoms with van der Waals surface area (Å²) >= 11 is 0. The van der Waals surface area contributed by atoms with E-state index in [9.17, 15) is 0 Å². The van der Waals surface area contributed by atoms with Gasteiger partial charge in [0.15, 0.2) is 0 Å². The third-order valence-corrected chi connectivity index (χ3v) is 3.05. The van der Waals surface area contributed by atoms with Gasteiger partial charge in [-0.25, -0.2) is 0 Å². The van der Waals surface area contributed by atoms with Crippen molar-refractivity contribution in [2.75, 3.05) is 26.8 Å². The highest BCUT2D eigenvalue weighted by atomic mass is 16.5. The van der Waals surface area contributed by atoms with E-state index in [1.54, 1.807) is 0 Å². The lowest BCUT2D eigenvalue weighted by Gasteiger charge is -2.30. The van der Waals surface area contributed by atoms with E-state index in [4.69, 9.17) is 4.74 Å². The lowest BCUT2D eigenvalue weighted by atomic mass is 9.88. The van der Waals surface area contributed by atoms with E-state index < -0.39 is 0 Å². The van der Waals surface area contributed by atoms with Gasteiger partial charge in [0.1, 0.15) is 0 Å². The zero-order chi connectivity index (χ0) is 10.5. The van der Waals surface area contributed by atoms with Gasteiger partial charge in [-0.3, -0.25) is 0 Å². The van der Waals surface area contributed by atoms with Gasteiger partial charge >= 0.3 is 0 Å². The van der Waals surface area contributed by atoms with Crippen molar-refractivity contribution in [2.45, 2.75) is 12.3 Å². The molecule has 1 aromatic rings. The Morgan fingerprint density at radius 1 is 1.33 bits per heavy atom. The second-order valence-electron chi connectivity index (χ2n) is 4.30. The molecular formula is C13H19NO. The summed E-state index contributed by atoms with van der Waals surface area (Å²) in [6.07, 6.45) is 1.24. The third-order valence-electron chi connectivity index (χ3n) is 3.05. The summed E-state index contributed by atoms with van der Waals surface area (Å²) in [6, 6.07) is 10.8. The lowest BCUT2D eigenvalue weighted by molar-refractivity contribution is -0.0384. The summed E-state index contributed by atoms with van der Waals surface area (Å²) in [5, 5.41) is 3.28. The quantitative estimate of drug-likeness (QED) is 0.794. The molecule has 0 aromatic heterocycles. The second kappa shape index (κ2) is 5.29. The van der Waals surface area contributed by atoms with Crippen LogP contribution in [0.4, 0.5) is 0 Å². The predicted molar refractivity (Wildman–Crippen MR) is 62.0 cm³/mol. The predicted octanol–water partition coefficient (Wildman–Crippen LogP) is 2.03. The fourth-order valence-electron chi connectivity index (χ4n) is 2.13. The molecular weight excluding hydrogens is 186 g/mol. The van der Waals surface area contributed by atoms with E-state index in [1.165, 1.54) is 12.0 Å². The zero-order valence-electron chi connectivity index (χ0n) is 9.28. The minimum absolute atomic E-state index is 0.630. The highest BCUT2D eigenvalue weighted by Gasteiger charge is 2.23. The molecule has 1 saturated heterocycles. The molecule has 82 valence electrons. The molecule has 1 atom stereocenters. The molecule has 0 radical (unpaired) electrons. The highest BCUT2D eigenvalue weighted by molar-refractivity contribution is 5.20. The smallest absolute Gasteiger partial charge is 0.0516 e. The van der Waals surface area contributed by atoms with Crippen LogP contribution in [-0.2, 0) is 4.74 Å². The Kier molecular flexibility index (Phi) is 3.75. The molecule has 1 aliphatic rings. The summed E-state index contributed by atoms with van der Waals surface area (Å²) in [4.78, 5) is 0. The van der Waals surface area contributed by atoms with Crippen molar-refractivity contribution in [1.82, 2.24) is 5.32 Å². The molecule has 0 bridgehead atoms. The van der Waals surface area contributed by atoms with E-state index in [2.05, 4.69) is 35.6 Å². The first-order chi connectivity index (χ1) is 7.40. The zero-order valence-corrected chi connectivity index (χ0v) is 9.28. The van der Waals surface area contributed by atoms with Crippen molar-refractivity contribution in [3.63, 3.8) is 0 Å². The van der Waals surface area contributed by atoms with Crippen LogP contribution in [-0.4, -0.2) is 26.8 Å². The van der Waals surface area contributed by atoms with E-state index >= 15 is 0 Å². The molecule has 1 unspecified atom stereocenters. The summed E-state index contributed by atoms with van der Waals surface area (Å²) in [6.45, 7) is 2.96. The van der Waals surface area contributed by atoms with Crippen molar-refractivity contribution in [3.8, 4) is 0 Å². The van der Waals surface area contributed by atoms with E-state index in [1.807, 2.05) is 7.05 Å². The average molecular weight is 205 g/mol. The Morgan fingerprint density at radius 2 is 2.07 bits per heavy atom. The summed E-state index contributed by atoms with van der Waals surface area (Å²) in [5.74, 6) is 1.40. The number of likely N-dealkylation sites (N-methyl/N-ethyl adjacent to an activating group) is 1. The molecule has 0 saturated carbocycles. The van der Waals surface area contributed by atoms with E-state index in [0.717, 1.165) is 25.7 Å². The van der Waals surface area contributed by atoms with Crippen molar-refractivity contribution in [3.05, 3.63) is 35.9 Å². The SMILES string of the molecule is CNCC(CC1COC1)c1ccccc1. The van der Waals surface area contributed by atoms with Crippen LogP contribution in [0.15, 0.2) is 30.3 Å². The van der Waals surface area contributed by atoms with Gasteiger partial charge in [-0.15, -0.1) is 0 Å². The Hall–Kier alpha value is -0.860. The first kappa shape index (κ1) is 10.7. The van der Waals surface area contributed by atoms with Gasteiger partial charge in [-0.1, -0.05) is 30.3 Å². The molecule has 2 nitrogen and oxygen atoms in total. The Balaban J connectivity index is 1.98. The molecule has 15 heavy (non-hydrogen) atoms. The van der Waals surface area contributed by atoms with Gasteiger partial charge in [0, 0.05) is 12.5 Å². The van der Waals surface area contributed by atoms with Crippen LogP contribution in [0.1, 0.15) is 17.9 Å². The maximum absolute atomic E-state index is 5.23. The maximum atomic E-state index is 5.23. The largest absolute Gasteiger partial charge is 0.381 e. The highest BCUT2D eigenvalue weighted by Crippen LogP contribution is 2.27. The fraction of sp³-hybridized carbons (Fsp3) is 0.538. The fourth-order valence-corrected chi connectivity index (χ4v) is 2.13. The Bertz CT molecular complexity index is 282. The lowest BCUT2D eigenvalue weighted by Crippen LogP contribution is -2.31. The van der Waals surface area contributed by atoms with Crippen molar-refractivity contribution < 1.29 is 4.74 Å². The number of nitrogens with one attached hydrogen (secondary N) is 1. The van der Waals surface area contributed by atoms with E-state index in [-0.39, 0.29) is 0 Å². The second-order valence-corrected chi connectivity index (χ2v) is 4.30. The Morgan fingerprint density at radius 3 is 2.60 bits per heavy atom. The van der Waals surface area contributed by atoms with Crippen LogP contribution < -0.4 is 5.32 Å². The minimum Gasteiger partial charge on any atom is -0.381 e. The van der Waals surface area contributed by atoms with Crippen molar-refractivity contribution in [2.24, 2.45) is 5.92 Å². The van der Waals surface area contributed by atoms with Crippen molar-refractivity contribution >= 4 is 0 Å². The summed E-state index contributed by atoms with van der Waals surface area (Å²) in [5.41, 5.74) is 1.44. The van der Waals surface area contributed by atoms with E-state index in [0.29, 0.717) is 5.92 Å². The first-order valence-corrected chi connectivity index (χ1v) is 5.67.